The quantitative estimate of drug-likeness (QED) is 0.776. The predicted molar refractivity (Wildman–Crippen MR) is 105 cm³/mol. The molecule has 2 rings (SSSR count). The van der Waals surface area contributed by atoms with E-state index in [1.165, 1.54) is 17.3 Å². The first-order chi connectivity index (χ1) is 11.8. The second-order valence-electron chi connectivity index (χ2n) is 7.53. The highest BCUT2D eigenvalue weighted by Crippen LogP contribution is 2.36. The van der Waals surface area contributed by atoms with Gasteiger partial charge in [0.25, 0.3) is 8.32 Å². The maximum atomic E-state index is 11.3. The van der Waals surface area contributed by atoms with Gasteiger partial charge >= 0.3 is 0 Å². The van der Waals surface area contributed by atoms with Crippen molar-refractivity contribution in [1.29, 1.82) is 0 Å². The summed E-state index contributed by atoms with van der Waals surface area (Å²) in [5.74, 6) is -0.0291. The Morgan fingerprint density at radius 2 is 1.44 bits per heavy atom. The van der Waals surface area contributed by atoms with Gasteiger partial charge in [-0.05, 0) is 22.3 Å². The Morgan fingerprint density at radius 1 is 1.00 bits per heavy atom. The number of benzene rings is 2. The van der Waals surface area contributed by atoms with Gasteiger partial charge in [0.2, 0.25) is 0 Å². The average Bonchev–Trinajstić information content (AvgIpc) is 2.55. The Kier molecular flexibility index (Phi) is 6.33. The standard InChI is InChI=1S/C21H28O3Si/c1-17(22)15-18(23)16-24-25(21(2,3)4,19-11-7-5-8-12-19)20-13-9-6-10-14-20/h5-14,18,23H,15-16H2,1-4H3/t18-/m0/s1. The third kappa shape index (κ3) is 4.45. The molecule has 2 aromatic rings. The van der Waals surface area contributed by atoms with Crippen molar-refractivity contribution in [2.45, 2.75) is 45.3 Å². The van der Waals surface area contributed by atoms with Crippen LogP contribution in [0.3, 0.4) is 0 Å². The highest BCUT2D eigenvalue weighted by Gasteiger charge is 2.50. The van der Waals surface area contributed by atoms with Crippen LogP contribution in [0, 0.1) is 0 Å². The van der Waals surface area contributed by atoms with E-state index >= 15 is 0 Å². The van der Waals surface area contributed by atoms with Crippen LogP contribution in [-0.2, 0) is 9.22 Å². The van der Waals surface area contributed by atoms with Crippen molar-refractivity contribution in [2.24, 2.45) is 0 Å². The first-order valence-corrected chi connectivity index (χ1v) is 10.6. The second-order valence-corrected chi connectivity index (χ2v) is 11.8. The normalized spacial score (nSPS) is 13.5. The maximum Gasteiger partial charge on any atom is 0.261 e. The lowest BCUT2D eigenvalue weighted by Crippen LogP contribution is -2.67. The van der Waals surface area contributed by atoms with Gasteiger partial charge < -0.3 is 9.53 Å². The van der Waals surface area contributed by atoms with Crippen LogP contribution in [0.1, 0.15) is 34.1 Å². The molecule has 0 amide bonds. The van der Waals surface area contributed by atoms with Gasteiger partial charge in [0.1, 0.15) is 5.78 Å². The second kappa shape index (κ2) is 8.08. The molecular weight excluding hydrogens is 328 g/mol. The fourth-order valence-electron chi connectivity index (χ4n) is 3.37. The first-order valence-electron chi connectivity index (χ1n) is 8.70. The number of carbonyl (C=O) groups excluding carboxylic acids is 1. The van der Waals surface area contributed by atoms with E-state index in [1.807, 2.05) is 36.4 Å². The number of hydrogen-bond acceptors (Lipinski definition) is 3. The van der Waals surface area contributed by atoms with Gasteiger partial charge in [0.05, 0.1) is 12.7 Å². The van der Waals surface area contributed by atoms with Gasteiger partial charge in [-0.25, -0.2) is 0 Å². The summed E-state index contributed by atoms with van der Waals surface area (Å²) in [5, 5.41) is 12.4. The number of Topliss-reactive ketones (excluding diaryl/α,β-unsaturated/α-hetero) is 1. The maximum absolute atomic E-state index is 11.3. The van der Waals surface area contributed by atoms with Gasteiger partial charge in [-0.2, -0.15) is 0 Å². The van der Waals surface area contributed by atoms with Crippen molar-refractivity contribution >= 4 is 24.5 Å². The molecule has 4 heteroatoms. The van der Waals surface area contributed by atoms with Crippen LogP contribution in [-0.4, -0.2) is 31.9 Å². The number of carbonyl (C=O) groups is 1. The molecule has 1 N–H and O–H groups in total. The lowest BCUT2D eigenvalue weighted by atomic mass is 10.2. The smallest absolute Gasteiger partial charge is 0.261 e. The van der Waals surface area contributed by atoms with E-state index in [1.54, 1.807) is 0 Å². The van der Waals surface area contributed by atoms with Gasteiger partial charge in [-0.15, -0.1) is 0 Å². The SMILES string of the molecule is CC(=O)C[C@H](O)CO[Si](c1ccccc1)(c1ccccc1)C(C)(C)C. The molecule has 0 spiro atoms. The van der Waals surface area contributed by atoms with E-state index in [-0.39, 0.29) is 23.8 Å². The minimum Gasteiger partial charge on any atom is -0.405 e. The molecule has 0 aliphatic rings. The van der Waals surface area contributed by atoms with Crippen molar-refractivity contribution in [3.05, 3.63) is 60.7 Å². The fourth-order valence-corrected chi connectivity index (χ4v) is 7.97. The Balaban J connectivity index is 2.51. The summed E-state index contributed by atoms with van der Waals surface area (Å²) >= 11 is 0. The number of aliphatic hydroxyl groups is 1. The van der Waals surface area contributed by atoms with Crippen LogP contribution in [0.15, 0.2) is 60.7 Å². The molecule has 0 aliphatic heterocycles. The first kappa shape index (κ1) is 19.6. The van der Waals surface area contributed by atoms with E-state index in [0.717, 1.165) is 0 Å². The monoisotopic (exact) mass is 356 g/mol. The fraction of sp³-hybridized carbons (Fsp3) is 0.381. The summed E-state index contributed by atoms with van der Waals surface area (Å²) in [6.07, 6.45) is -0.655. The van der Waals surface area contributed by atoms with Crippen LogP contribution in [0.25, 0.3) is 0 Å². The molecule has 0 radical (unpaired) electrons. The lowest BCUT2D eigenvalue weighted by molar-refractivity contribution is -0.119. The molecule has 134 valence electrons. The lowest BCUT2D eigenvalue weighted by Gasteiger charge is -2.43. The van der Waals surface area contributed by atoms with Crippen molar-refractivity contribution in [3.63, 3.8) is 0 Å². The molecule has 0 saturated carbocycles. The summed E-state index contributed by atoms with van der Waals surface area (Å²) in [4.78, 5) is 11.3. The molecule has 0 heterocycles. The van der Waals surface area contributed by atoms with Crippen molar-refractivity contribution < 1.29 is 14.3 Å². The minimum atomic E-state index is -2.63. The average molecular weight is 357 g/mol. The molecule has 0 saturated heterocycles. The Hall–Kier alpha value is -1.75. The molecule has 0 fully saturated rings. The molecule has 2 aromatic carbocycles. The summed E-state index contributed by atoms with van der Waals surface area (Å²) in [6.45, 7) is 8.22. The zero-order valence-corrected chi connectivity index (χ0v) is 16.5. The molecule has 1 atom stereocenters. The Bertz CT molecular complexity index is 638. The molecule has 0 unspecified atom stereocenters. The topological polar surface area (TPSA) is 46.5 Å². The van der Waals surface area contributed by atoms with Crippen molar-refractivity contribution in [1.82, 2.24) is 0 Å². The Morgan fingerprint density at radius 3 is 1.80 bits per heavy atom. The predicted octanol–water partition coefficient (Wildman–Crippen LogP) is 2.90. The summed E-state index contributed by atoms with van der Waals surface area (Å²) in [7, 11) is -2.63. The third-order valence-electron chi connectivity index (χ3n) is 4.43. The van der Waals surface area contributed by atoms with Crippen molar-refractivity contribution in [3.8, 4) is 0 Å². The van der Waals surface area contributed by atoms with Crippen LogP contribution in [0.4, 0.5) is 0 Å². The van der Waals surface area contributed by atoms with E-state index < -0.39 is 14.4 Å². The van der Waals surface area contributed by atoms with E-state index in [4.69, 9.17) is 4.43 Å². The van der Waals surface area contributed by atoms with Crippen LogP contribution >= 0.6 is 0 Å². The highest BCUT2D eigenvalue weighted by molar-refractivity contribution is 6.99. The van der Waals surface area contributed by atoms with Crippen LogP contribution < -0.4 is 10.4 Å². The molecule has 0 aliphatic carbocycles. The summed E-state index contributed by atoms with van der Waals surface area (Å²) in [6, 6.07) is 20.6. The Labute approximate surface area is 151 Å². The number of ketones is 1. The van der Waals surface area contributed by atoms with E-state index in [0.29, 0.717) is 0 Å². The van der Waals surface area contributed by atoms with Crippen LogP contribution in [0.2, 0.25) is 5.04 Å². The molecule has 25 heavy (non-hydrogen) atoms. The summed E-state index contributed by atoms with van der Waals surface area (Å²) in [5.41, 5.74) is 0. The van der Waals surface area contributed by atoms with Crippen molar-refractivity contribution in [2.75, 3.05) is 6.61 Å². The largest absolute Gasteiger partial charge is 0.405 e. The number of hydrogen-bond donors (Lipinski definition) is 1. The highest BCUT2D eigenvalue weighted by atomic mass is 28.4. The van der Waals surface area contributed by atoms with E-state index in [9.17, 15) is 9.90 Å². The molecule has 0 aromatic heterocycles. The molecular formula is C21H28O3Si. The third-order valence-corrected chi connectivity index (χ3v) is 9.44. The van der Waals surface area contributed by atoms with Gasteiger partial charge in [-0.1, -0.05) is 81.4 Å². The minimum absolute atomic E-state index is 0.0291. The van der Waals surface area contributed by atoms with Crippen LogP contribution in [0.5, 0.6) is 0 Å². The van der Waals surface area contributed by atoms with Gasteiger partial charge in [-0.3, -0.25) is 4.79 Å². The number of rotatable bonds is 7. The zero-order chi connectivity index (χ0) is 18.5. The summed E-state index contributed by atoms with van der Waals surface area (Å²) < 4.78 is 6.57. The van der Waals surface area contributed by atoms with Gasteiger partial charge in [0, 0.05) is 6.42 Å². The zero-order valence-electron chi connectivity index (χ0n) is 15.5. The number of aliphatic hydroxyl groups excluding tert-OH is 1. The van der Waals surface area contributed by atoms with Gasteiger partial charge in [0.15, 0.2) is 0 Å². The molecule has 3 nitrogen and oxygen atoms in total. The van der Waals surface area contributed by atoms with E-state index in [2.05, 4.69) is 45.0 Å². The molecule has 0 bridgehead atoms.